The average Bonchev–Trinajstić information content (AvgIpc) is 2.22. The van der Waals surface area contributed by atoms with E-state index in [1.807, 2.05) is 6.07 Å². The summed E-state index contributed by atoms with van der Waals surface area (Å²) in [5.74, 6) is 1.09. The first-order chi connectivity index (χ1) is 7.65. The molecule has 1 aromatic heterocycles. The number of rotatable bonds is 2. The van der Waals surface area contributed by atoms with E-state index < -0.39 is 0 Å². The molecule has 0 spiro atoms. The molecule has 0 aliphatic rings. The summed E-state index contributed by atoms with van der Waals surface area (Å²) in [5, 5.41) is 0.548. The molecule has 0 saturated heterocycles. The maximum absolute atomic E-state index is 5.78. The van der Waals surface area contributed by atoms with Crippen LogP contribution in [0.15, 0.2) is 41.0 Å². The Morgan fingerprint density at radius 2 is 2.12 bits per heavy atom. The van der Waals surface area contributed by atoms with Gasteiger partial charge >= 0.3 is 0 Å². The molecule has 0 bridgehead atoms. The number of ether oxygens (including phenoxy) is 1. The van der Waals surface area contributed by atoms with Crippen molar-refractivity contribution in [3.05, 3.63) is 46.0 Å². The SMILES string of the molecule is Nc1cccc(Oc2ncc(Cl)cc2Br)c1. The molecule has 16 heavy (non-hydrogen) atoms. The van der Waals surface area contributed by atoms with Gasteiger partial charge in [-0.25, -0.2) is 4.98 Å². The van der Waals surface area contributed by atoms with E-state index in [0.29, 0.717) is 26.8 Å². The highest BCUT2D eigenvalue weighted by molar-refractivity contribution is 9.10. The summed E-state index contributed by atoms with van der Waals surface area (Å²) in [7, 11) is 0. The van der Waals surface area contributed by atoms with Crippen molar-refractivity contribution < 1.29 is 4.74 Å². The van der Waals surface area contributed by atoms with Crippen LogP contribution in [0.3, 0.4) is 0 Å². The Bertz CT molecular complexity index is 519. The zero-order valence-electron chi connectivity index (χ0n) is 8.15. The van der Waals surface area contributed by atoms with Crippen LogP contribution in [0.1, 0.15) is 0 Å². The second-order valence-electron chi connectivity index (χ2n) is 3.12. The first kappa shape index (κ1) is 11.2. The number of hydrogen-bond acceptors (Lipinski definition) is 3. The smallest absolute Gasteiger partial charge is 0.233 e. The maximum atomic E-state index is 5.78. The summed E-state index contributed by atoms with van der Waals surface area (Å²) in [6, 6.07) is 8.85. The van der Waals surface area contributed by atoms with E-state index in [1.165, 1.54) is 6.20 Å². The summed E-state index contributed by atoms with van der Waals surface area (Å²) in [6.07, 6.45) is 1.52. The lowest BCUT2D eigenvalue weighted by molar-refractivity contribution is 0.460. The number of benzene rings is 1. The Labute approximate surface area is 106 Å². The lowest BCUT2D eigenvalue weighted by Gasteiger charge is -2.06. The molecule has 2 N–H and O–H groups in total. The van der Waals surface area contributed by atoms with Gasteiger partial charge in [0, 0.05) is 18.0 Å². The van der Waals surface area contributed by atoms with E-state index in [-0.39, 0.29) is 0 Å². The molecule has 3 nitrogen and oxygen atoms in total. The Kier molecular flexibility index (Phi) is 3.31. The van der Waals surface area contributed by atoms with E-state index in [9.17, 15) is 0 Å². The summed E-state index contributed by atoms with van der Waals surface area (Å²) in [5.41, 5.74) is 6.28. The van der Waals surface area contributed by atoms with Crippen molar-refractivity contribution in [3.63, 3.8) is 0 Å². The predicted molar refractivity (Wildman–Crippen MR) is 67.9 cm³/mol. The number of hydrogen-bond donors (Lipinski definition) is 1. The van der Waals surface area contributed by atoms with E-state index in [2.05, 4.69) is 20.9 Å². The number of anilines is 1. The van der Waals surface area contributed by atoms with Crippen molar-refractivity contribution in [2.24, 2.45) is 0 Å². The molecule has 2 rings (SSSR count). The van der Waals surface area contributed by atoms with Gasteiger partial charge in [0.25, 0.3) is 0 Å². The van der Waals surface area contributed by atoms with Gasteiger partial charge in [0.1, 0.15) is 5.75 Å². The molecule has 0 unspecified atom stereocenters. The highest BCUT2D eigenvalue weighted by Gasteiger charge is 2.05. The topological polar surface area (TPSA) is 48.1 Å². The van der Waals surface area contributed by atoms with Crippen molar-refractivity contribution in [1.29, 1.82) is 0 Å². The summed E-state index contributed by atoms with van der Waals surface area (Å²) >= 11 is 9.10. The van der Waals surface area contributed by atoms with Crippen molar-refractivity contribution in [3.8, 4) is 11.6 Å². The molecule has 0 amide bonds. The molecule has 0 atom stereocenters. The van der Waals surface area contributed by atoms with Crippen LogP contribution >= 0.6 is 27.5 Å². The minimum Gasteiger partial charge on any atom is -0.438 e. The third kappa shape index (κ3) is 2.65. The fraction of sp³-hybridized carbons (Fsp3) is 0. The van der Waals surface area contributed by atoms with Crippen molar-refractivity contribution in [2.75, 3.05) is 5.73 Å². The minimum atomic E-state index is 0.454. The number of aromatic nitrogens is 1. The third-order valence-electron chi connectivity index (χ3n) is 1.85. The predicted octanol–water partition coefficient (Wildman–Crippen LogP) is 3.87. The van der Waals surface area contributed by atoms with E-state index >= 15 is 0 Å². The van der Waals surface area contributed by atoms with Gasteiger partial charge in [-0.1, -0.05) is 17.7 Å². The highest BCUT2D eigenvalue weighted by Crippen LogP contribution is 2.29. The Morgan fingerprint density at radius 1 is 1.31 bits per heavy atom. The molecule has 2 aromatic rings. The third-order valence-corrected chi connectivity index (χ3v) is 2.62. The zero-order chi connectivity index (χ0) is 11.5. The van der Waals surface area contributed by atoms with Crippen molar-refractivity contribution in [2.45, 2.75) is 0 Å². The van der Waals surface area contributed by atoms with E-state index in [4.69, 9.17) is 22.1 Å². The van der Waals surface area contributed by atoms with Crippen LogP contribution < -0.4 is 10.5 Å². The monoisotopic (exact) mass is 298 g/mol. The van der Waals surface area contributed by atoms with Gasteiger partial charge in [-0.05, 0) is 34.1 Å². The fourth-order valence-electron chi connectivity index (χ4n) is 1.17. The number of nitrogen functional groups attached to an aromatic ring is 1. The number of halogens is 2. The van der Waals surface area contributed by atoms with Gasteiger partial charge in [0.15, 0.2) is 0 Å². The lowest BCUT2D eigenvalue weighted by atomic mass is 10.3. The molecule has 0 aliphatic carbocycles. The number of nitrogens with two attached hydrogens (primary N) is 1. The van der Waals surface area contributed by atoms with Crippen LogP contribution in [-0.2, 0) is 0 Å². The summed E-state index contributed by atoms with van der Waals surface area (Å²) in [4.78, 5) is 4.06. The van der Waals surface area contributed by atoms with E-state index in [0.717, 1.165) is 0 Å². The van der Waals surface area contributed by atoms with Crippen LogP contribution in [0.2, 0.25) is 5.02 Å². The summed E-state index contributed by atoms with van der Waals surface area (Å²) < 4.78 is 6.25. The van der Waals surface area contributed by atoms with Gasteiger partial charge < -0.3 is 10.5 Å². The standard InChI is InChI=1S/C11H8BrClN2O/c12-10-4-7(13)6-15-11(10)16-9-3-1-2-8(14)5-9/h1-6H,14H2. The molecular weight excluding hydrogens is 291 g/mol. The van der Waals surface area contributed by atoms with Crippen LogP contribution in [0.25, 0.3) is 0 Å². The Balaban J connectivity index is 2.27. The van der Waals surface area contributed by atoms with Gasteiger partial charge in [-0.2, -0.15) is 0 Å². The van der Waals surface area contributed by atoms with Gasteiger partial charge in [0.05, 0.1) is 9.50 Å². The largest absolute Gasteiger partial charge is 0.438 e. The lowest BCUT2D eigenvalue weighted by Crippen LogP contribution is -1.90. The molecule has 1 aromatic carbocycles. The molecule has 5 heteroatoms. The van der Waals surface area contributed by atoms with Crippen LogP contribution in [-0.4, -0.2) is 4.98 Å². The number of pyridine rings is 1. The molecule has 82 valence electrons. The Hall–Kier alpha value is -1.26. The minimum absolute atomic E-state index is 0.454. The Morgan fingerprint density at radius 3 is 2.81 bits per heavy atom. The molecule has 1 heterocycles. The average molecular weight is 300 g/mol. The van der Waals surface area contributed by atoms with Crippen LogP contribution in [0.5, 0.6) is 11.6 Å². The van der Waals surface area contributed by atoms with Crippen molar-refractivity contribution >= 4 is 33.2 Å². The van der Waals surface area contributed by atoms with Crippen molar-refractivity contribution in [1.82, 2.24) is 4.98 Å². The van der Waals surface area contributed by atoms with Gasteiger partial charge in [-0.15, -0.1) is 0 Å². The fourth-order valence-corrected chi connectivity index (χ4v) is 1.89. The molecule has 0 saturated carbocycles. The molecule has 0 aliphatic heterocycles. The quantitative estimate of drug-likeness (QED) is 0.856. The van der Waals surface area contributed by atoms with Crippen LogP contribution in [0.4, 0.5) is 5.69 Å². The zero-order valence-corrected chi connectivity index (χ0v) is 10.5. The first-order valence-electron chi connectivity index (χ1n) is 4.49. The summed E-state index contributed by atoms with van der Waals surface area (Å²) in [6.45, 7) is 0. The van der Waals surface area contributed by atoms with Gasteiger partial charge in [0.2, 0.25) is 5.88 Å². The van der Waals surface area contributed by atoms with Crippen LogP contribution in [0, 0.1) is 0 Å². The maximum Gasteiger partial charge on any atom is 0.233 e. The second-order valence-corrected chi connectivity index (χ2v) is 4.41. The van der Waals surface area contributed by atoms with E-state index in [1.54, 1.807) is 24.3 Å². The molecule has 0 fully saturated rings. The molecule has 0 radical (unpaired) electrons. The second kappa shape index (κ2) is 4.72. The highest BCUT2D eigenvalue weighted by atomic mass is 79.9. The first-order valence-corrected chi connectivity index (χ1v) is 5.67. The number of nitrogens with zero attached hydrogens (tertiary/aromatic N) is 1. The molecular formula is C11H8BrClN2O. The normalized spacial score (nSPS) is 10.1. The van der Waals surface area contributed by atoms with Gasteiger partial charge in [-0.3, -0.25) is 0 Å².